The Morgan fingerprint density at radius 3 is 2.69 bits per heavy atom. The van der Waals surface area contributed by atoms with Crippen LogP contribution in [0.3, 0.4) is 0 Å². The van der Waals surface area contributed by atoms with Crippen LogP contribution in [0.15, 0.2) is 0 Å². The number of methoxy groups -OCH3 is 1. The molecule has 0 aromatic carbocycles. The van der Waals surface area contributed by atoms with Crippen molar-refractivity contribution in [2.24, 2.45) is 40.4 Å². The summed E-state index contributed by atoms with van der Waals surface area (Å²) in [4.78, 5) is 25.7. The molecule has 2 saturated heterocycles. The number of ketones is 1. The lowest BCUT2D eigenvalue weighted by Gasteiger charge is -2.70. The SMILES string of the molecule is COC(=O)CC[C@@H](C)[C@H]1CC[C@H]2[C@@H]3CC[C@@H]4C[C@H]5CC[C@]4(C)[C@@]3(O5)C(=O)C[C@]12C. The minimum absolute atomic E-state index is 0.0532. The number of rotatable bonds is 4. The van der Waals surface area contributed by atoms with Crippen LogP contribution in [-0.2, 0) is 19.1 Å². The van der Waals surface area contributed by atoms with E-state index < -0.39 is 5.60 Å². The van der Waals surface area contributed by atoms with Crippen LogP contribution in [0.4, 0.5) is 0 Å². The fourth-order valence-electron chi connectivity index (χ4n) is 9.24. The average molecular weight is 403 g/mol. The topological polar surface area (TPSA) is 52.6 Å². The predicted molar refractivity (Wildman–Crippen MR) is 110 cm³/mol. The Kier molecular flexibility index (Phi) is 4.52. The zero-order chi connectivity index (χ0) is 20.6. The van der Waals surface area contributed by atoms with Crippen molar-refractivity contribution in [1.29, 1.82) is 0 Å². The van der Waals surface area contributed by atoms with Gasteiger partial charge in [-0.1, -0.05) is 20.8 Å². The Labute approximate surface area is 175 Å². The second-order valence-corrected chi connectivity index (χ2v) is 11.5. The molecule has 162 valence electrons. The van der Waals surface area contributed by atoms with Crippen LogP contribution in [0.2, 0.25) is 0 Å². The lowest BCUT2D eigenvalue weighted by molar-refractivity contribution is -0.307. The second kappa shape index (κ2) is 6.55. The molecule has 0 N–H and O–H groups in total. The van der Waals surface area contributed by atoms with Crippen molar-refractivity contribution in [3.8, 4) is 0 Å². The van der Waals surface area contributed by atoms with Crippen molar-refractivity contribution in [2.45, 2.75) is 96.7 Å². The third-order valence-corrected chi connectivity index (χ3v) is 10.6. The van der Waals surface area contributed by atoms with E-state index in [1.807, 2.05) is 0 Å². The van der Waals surface area contributed by atoms with E-state index in [-0.39, 0.29) is 16.8 Å². The number of carbonyl (C=O) groups is 2. The second-order valence-electron chi connectivity index (χ2n) is 11.5. The standard InChI is InChI=1S/C25H38O4/c1-15(5-10-22(27)28-4)18-8-9-19-20-7-6-16-13-17-11-12-24(16,3)25(20,29-17)21(26)14-23(18,19)2/h15-20H,5-14H2,1-4H3/t15-,16-,17-,18-,19+,20+,23-,24+,25+/m1/s1. The van der Waals surface area contributed by atoms with Gasteiger partial charge in [0, 0.05) is 18.3 Å². The molecule has 9 atom stereocenters. The van der Waals surface area contributed by atoms with Crippen LogP contribution in [0.1, 0.15) is 85.0 Å². The van der Waals surface area contributed by atoms with Crippen LogP contribution in [0, 0.1) is 40.4 Å². The van der Waals surface area contributed by atoms with Gasteiger partial charge in [-0.15, -0.1) is 0 Å². The van der Waals surface area contributed by atoms with Crippen molar-refractivity contribution < 1.29 is 19.1 Å². The van der Waals surface area contributed by atoms with Crippen molar-refractivity contribution >= 4 is 11.8 Å². The third kappa shape index (κ3) is 2.47. The van der Waals surface area contributed by atoms with E-state index in [9.17, 15) is 9.59 Å². The molecule has 6 fully saturated rings. The van der Waals surface area contributed by atoms with Gasteiger partial charge in [-0.2, -0.15) is 0 Å². The summed E-state index contributed by atoms with van der Waals surface area (Å²) in [5.74, 6) is 2.93. The highest BCUT2D eigenvalue weighted by atomic mass is 16.5. The fraction of sp³-hybridized carbons (Fsp3) is 0.920. The van der Waals surface area contributed by atoms with Gasteiger partial charge in [-0.05, 0) is 86.4 Å². The van der Waals surface area contributed by atoms with Crippen LogP contribution < -0.4 is 0 Å². The Bertz CT molecular complexity index is 718. The van der Waals surface area contributed by atoms with Gasteiger partial charge in [-0.25, -0.2) is 0 Å². The number of ether oxygens (including phenoxy) is 2. The Morgan fingerprint density at radius 1 is 1.17 bits per heavy atom. The molecule has 6 rings (SSSR count). The van der Waals surface area contributed by atoms with Crippen molar-refractivity contribution in [3.63, 3.8) is 0 Å². The molecule has 6 aliphatic rings. The van der Waals surface area contributed by atoms with Crippen molar-refractivity contribution in [1.82, 2.24) is 0 Å². The summed E-state index contributed by atoms with van der Waals surface area (Å²) in [7, 11) is 1.47. The van der Waals surface area contributed by atoms with Gasteiger partial charge in [-0.3, -0.25) is 9.59 Å². The fourth-order valence-corrected chi connectivity index (χ4v) is 9.24. The first-order chi connectivity index (χ1) is 13.8. The molecule has 4 bridgehead atoms. The van der Waals surface area contributed by atoms with Gasteiger partial charge in [0.05, 0.1) is 13.2 Å². The van der Waals surface area contributed by atoms with Gasteiger partial charge >= 0.3 is 5.97 Å². The van der Waals surface area contributed by atoms with Crippen LogP contribution in [-0.4, -0.2) is 30.6 Å². The van der Waals surface area contributed by atoms with E-state index in [2.05, 4.69) is 20.8 Å². The molecule has 1 spiro atoms. The van der Waals surface area contributed by atoms with E-state index in [1.165, 1.54) is 45.6 Å². The number of Topliss-reactive ketones (excluding diaryl/α,β-unsaturated/α-hetero) is 1. The molecule has 4 saturated carbocycles. The molecule has 2 heterocycles. The van der Waals surface area contributed by atoms with Gasteiger partial charge in [0.15, 0.2) is 5.78 Å². The minimum Gasteiger partial charge on any atom is -0.469 e. The Hall–Kier alpha value is -0.900. The third-order valence-electron chi connectivity index (χ3n) is 10.6. The first kappa shape index (κ1) is 20.0. The number of carbonyl (C=O) groups excluding carboxylic acids is 2. The average Bonchev–Trinajstić information content (AvgIpc) is 3.02. The summed E-state index contributed by atoms with van der Waals surface area (Å²) in [5.41, 5.74) is -0.380. The van der Waals surface area contributed by atoms with E-state index in [4.69, 9.17) is 9.47 Å². The minimum atomic E-state index is -0.495. The van der Waals surface area contributed by atoms with Gasteiger partial charge in [0.2, 0.25) is 0 Å². The number of esters is 1. The van der Waals surface area contributed by atoms with Crippen LogP contribution in [0.5, 0.6) is 0 Å². The molecule has 29 heavy (non-hydrogen) atoms. The van der Waals surface area contributed by atoms with Gasteiger partial charge < -0.3 is 9.47 Å². The summed E-state index contributed by atoms with van der Waals surface area (Å²) < 4.78 is 11.7. The molecule has 0 aromatic heterocycles. The summed E-state index contributed by atoms with van der Waals surface area (Å²) >= 11 is 0. The molecular formula is C25H38O4. The van der Waals surface area contributed by atoms with E-state index in [1.54, 1.807) is 0 Å². The molecular weight excluding hydrogens is 364 g/mol. The van der Waals surface area contributed by atoms with E-state index >= 15 is 0 Å². The molecule has 4 aliphatic carbocycles. The first-order valence-corrected chi connectivity index (χ1v) is 12.0. The molecule has 0 radical (unpaired) electrons. The maximum Gasteiger partial charge on any atom is 0.305 e. The predicted octanol–water partition coefficient (Wildman–Crippen LogP) is 4.94. The smallest absolute Gasteiger partial charge is 0.305 e. The van der Waals surface area contributed by atoms with Gasteiger partial charge in [0.25, 0.3) is 0 Å². The molecule has 2 aliphatic heterocycles. The first-order valence-electron chi connectivity index (χ1n) is 12.0. The summed E-state index contributed by atoms with van der Waals surface area (Å²) in [5, 5.41) is 0. The number of hydrogen-bond donors (Lipinski definition) is 0. The maximum atomic E-state index is 14.0. The summed E-state index contributed by atoms with van der Waals surface area (Å²) in [6, 6.07) is 0. The van der Waals surface area contributed by atoms with E-state index in [0.29, 0.717) is 54.3 Å². The quantitative estimate of drug-likeness (QED) is 0.625. The summed E-state index contributed by atoms with van der Waals surface area (Å²) in [6.45, 7) is 7.07. The molecule has 4 nitrogen and oxygen atoms in total. The number of hydrogen-bond acceptors (Lipinski definition) is 4. The van der Waals surface area contributed by atoms with Crippen LogP contribution >= 0.6 is 0 Å². The maximum absolute atomic E-state index is 14.0. The highest BCUT2D eigenvalue weighted by Crippen LogP contribution is 2.72. The Morgan fingerprint density at radius 2 is 1.93 bits per heavy atom. The molecule has 4 heteroatoms. The molecule has 0 amide bonds. The Balaban J connectivity index is 1.44. The monoisotopic (exact) mass is 402 g/mol. The molecule has 0 unspecified atom stereocenters. The van der Waals surface area contributed by atoms with Crippen molar-refractivity contribution in [2.75, 3.05) is 7.11 Å². The lowest BCUT2D eigenvalue weighted by Crippen LogP contribution is -2.75. The molecule has 0 aromatic rings. The highest BCUT2D eigenvalue weighted by Gasteiger charge is 2.74. The van der Waals surface area contributed by atoms with E-state index in [0.717, 1.165) is 12.8 Å². The van der Waals surface area contributed by atoms with Crippen LogP contribution in [0.25, 0.3) is 0 Å². The normalized spacial score (nSPS) is 51.3. The lowest BCUT2D eigenvalue weighted by atomic mass is 9.40. The zero-order valence-corrected chi connectivity index (χ0v) is 18.7. The van der Waals surface area contributed by atoms with Crippen molar-refractivity contribution in [3.05, 3.63) is 0 Å². The zero-order valence-electron chi connectivity index (χ0n) is 18.7. The largest absolute Gasteiger partial charge is 0.469 e. The summed E-state index contributed by atoms with van der Waals surface area (Å²) in [6.07, 6.45) is 10.7. The highest BCUT2D eigenvalue weighted by molar-refractivity contribution is 5.91. The number of fused-ring (bicyclic) bond motifs is 3. The van der Waals surface area contributed by atoms with Gasteiger partial charge in [0.1, 0.15) is 5.60 Å².